The van der Waals surface area contributed by atoms with Crippen LogP contribution in [0.3, 0.4) is 0 Å². The standard InChI is InChI=1S/C23H34N4O/c1-2-24-23(25-15-18-14-21(18)16-7-4-3-5-8-16)27-20-10-6-9-17(13-20)22(28)26-19-11-12-19/h3-5,7-8,17-21H,2,6,9-15H2,1H3,(H,26,28)(H2,24,25,27). The summed E-state index contributed by atoms with van der Waals surface area (Å²) in [4.78, 5) is 17.3. The fraction of sp³-hybridized carbons (Fsp3) is 0.652. The van der Waals surface area contributed by atoms with Gasteiger partial charge < -0.3 is 16.0 Å². The van der Waals surface area contributed by atoms with E-state index in [0.717, 1.165) is 57.6 Å². The minimum atomic E-state index is 0.153. The fourth-order valence-corrected chi connectivity index (χ4v) is 4.39. The van der Waals surface area contributed by atoms with Gasteiger partial charge in [0.05, 0.1) is 0 Å². The number of hydrogen-bond acceptors (Lipinski definition) is 2. The van der Waals surface area contributed by atoms with Crippen molar-refractivity contribution in [3.8, 4) is 0 Å². The maximum Gasteiger partial charge on any atom is 0.223 e. The van der Waals surface area contributed by atoms with Crippen LogP contribution in [0, 0.1) is 11.8 Å². The summed E-state index contributed by atoms with van der Waals surface area (Å²) in [6, 6.07) is 11.6. The molecule has 0 spiro atoms. The van der Waals surface area contributed by atoms with Gasteiger partial charge in [-0.3, -0.25) is 9.79 Å². The van der Waals surface area contributed by atoms with Gasteiger partial charge in [-0.05, 0) is 62.8 Å². The molecule has 3 saturated carbocycles. The molecule has 4 rings (SSSR count). The quantitative estimate of drug-likeness (QED) is 0.501. The zero-order valence-electron chi connectivity index (χ0n) is 17.0. The van der Waals surface area contributed by atoms with Gasteiger partial charge in [-0.25, -0.2) is 0 Å². The Morgan fingerprint density at radius 1 is 1.04 bits per heavy atom. The smallest absolute Gasteiger partial charge is 0.223 e. The third-order valence-corrected chi connectivity index (χ3v) is 6.29. The number of nitrogens with one attached hydrogen (secondary N) is 3. The van der Waals surface area contributed by atoms with E-state index in [0.29, 0.717) is 23.9 Å². The molecule has 3 aliphatic rings. The lowest BCUT2D eigenvalue weighted by molar-refractivity contribution is -0.126. The molecule has 3 N–H and O–H groups in total. The van der Waals surface area contributed by atoms with Crippen molar-refractivity contribution in [1.82, 2.24) is 16.0 Å². The largest absolute Gasteiger partial charge is 0.357 e. The highest BCUT2D eigenvalue weighted by atomic mass is 16.2. The molecule has 28 heavy (non-hydrogen) atoms. The number of nitrogens with zero attached hydrogens (tertiary/aromatic N) is 1. The highest BCUT2D eigenvalue weighted by molar-refractivity contribution is 5.81. The topological polar surface area (TPSA) is 65.5 Å². The Kier molecular flexibility index (Phi) is 6.18. The van der Waals surface area contributed by atoms with Crippen LogP contribution >= 0.6 is 0 Å². The van der Waals surface area contributed by atoms with Crippen LogP contribution in [0.25, 0.3) is 0 Å². The normalized spacial score (nSPS) is 29.8. The van der Waals surface area contributed by atoms with Gasteiger partial charge in [0.25, 0.3) is 0 Å². The van der Waals surface area contributed by atoms with E-state index in [-0.39, 0.29) is 11.8 Å². The third-order valence-electron chi connectivity index (χ3n) is 6.29. The molecule has 0 saturated heterocycles. The first kappa shape index (κ1) is 19.3. The first-order valence-corrected chi connectivity index (χ1v) is 11.1. The number of guanidine groups is 1. The summed E-state index contributed by atoms with van der Waals surface area (Å²) < 4.78 is 0. The molecule has 0 bridgehead atoms. The summed E-state index contributed by atoms with van der Waals surface area (Å²) in [5, 5.41) is 10.2. The van der Waals surface area contributed by atoms with Gasteiger partial charge in [0.1, 0.15) is 0 Å². The van der Waals surface area contributed by atoms with Gasteiger partial charge in [0.2, 0.25) is 5.91 Å². The highest BCUT2D eigenvalue weighted by Gasteiger charge is 2.38. The number of carbonyl (C=O) groups is 1. The van der Waals surface area contributed by atoms with Gasteiger partial charge >= 0.3 is 0 Å². The van der Waals surface area contributed by atoms with E-state index in [4.69, 9.17) is 4.99 Å². The average Bonchev–Trinajstić information content (AvgIpc) is 3.63. The molecule has 0 aliphatic heterocycles. The van der Waals surface area contributed by atoms with E-state index in [1.807, 2.05) is 0 Å². The maximum atomic E-state index is 12.4. The minimum Gasteiger partial charge on any atom is -0.357 e. The second-order valence-electron chi connectivity index (χ2n) is 8.72. The molecule has 3 aliphatic carbocycles. The van der Waals surface area contributed by atoms with Crippen molar-refractivity contribution >= 4 is 11.9 Å². The molecule has 4 unspecified atom stereocenters. The summed E-state index contributed by atoms with van der Waals surface area (Å²) in [7, 11) is 0. The van der Waals surface area contributed by atoms with Gasteiger partial charge in [-0.15, -0.1) is 0 Å². The van der Waals surface area contributed by atoms with Gasteiger partial charge in [0, 0.05) is 31.1 Å². The van der Waals surface area contributed by atoms with E-state index in [2.05, 4.69) is 53.2 Å². The molecular weight excluding hydrogens is 348 g/mol. The first-order valence-electron chi connectivity index (χ1n) is 11.1. The monoisotopic (exact) mass is 382 g/mol. The molecule has 0 aromatic heterocycles. The Morgan fingerprint density at radius 2 is 1.86 bits per heavy atom. The zero-order chi connectivity index (χ0) is 19.3. The van der Waals surface area contributed by atoms with Crippen molar-refractivity contribution in [2.75, 3.05) is 13.1 Å². The van der Waals surface area contributed by atoms with Crippen LogP contribution in [0.1, 0.15) is 63.4 Å². The Hall–Kier alpha value is -2.04. The molecule has 3 fully saturated rings. The highest BCUT2D eigenvalue weighted by Crippen LogP contribution is 2.47. The van der Waals surface area contributed by atoms with Crippen molar-refractivity contribution in [1.29, 1.82) is 0 Å². The van der Waals surface area contributed by atoms with E-state index < -0.39 is 0 Å². The van der Waals surface area contributed by atoms with Crippen LogP contribution in [0.5, 0.6) is 0 Å². The van der Waals surface area contributed by atoms with E-state index in [1.54, 1.807) is 0 Å². The molecule has 1 amide bonds. The number of carbonyl (C=O) groups excluding carboxylic acids is 1. The predicted octanol–water partition coefficient (Wildman–Crippen LogP) is 3.18. The molecular formula is C23H34N4O. The molecule has 5 nitrogen and oxygen atoms in total. The summed E-state index contributed by atoms with van der Waals surface area (Å²) in [5.74, 6) is 2.65. The number of hydrogen-bond donors (Lipinski definition) is 3. The predicted molar refractivity (Wildman–Crippen MR) is 113 cm³/mol. The summed E-state index contributed by atoms with van der Waals surface area (Å²) in [6.07, 6.45) is 7.71. The van der Waals surface area contributed by atoms with E-state index in [9.17, 15) is 4.79 Å². The molecule has 4 atom stereocenters. The second-order valence-corrected chi connectivity index (χ2v) is 8.72. The summed E-state index contributed by atoms with van der Waals surface area (Å²) in [6.45, 7) is 3.83. The molecule has 0 heterocycles. The van der Waals surface area contributed by atoms with Crippen LogP contribution < -0.4 is 16.0 Å². The zero-order valence-corrected chi connectivity index (χ0v) is 17.0. The Bertz CT molecular complexity index is 685. The van der Waals surface area contributed by atoms with Crippen LogP contribution in [0.15, 0.2) is 35.3 Å². The summed E-state index contributed by atoms with van der Waals surface area (Å²) in [5.41, 5.74) is 1.44. The van der Waals surface area contributed by atoms with Crippen LogP contribution in [-0.2, 0) is 4.79 Å². The minimum absolute atomic E-state index is 0.153. The SMILES string of the molecule is CCNC(=NCC1CC1c1ccccc1)NC1CCCC(C(=O)NC2CC2)C1. The van der Waals surface area contributed by atoms with Gasteiger partial charge in [-0.2, -0.15) is 0 Å². The lowest BCUT2D eigenvalue weighted by atomic mass is 9.85. The van der Waals surface area contributed by atoms with Gasteiger partial charge in [0.15, 0.2) is 5.96 Å². The van der Waals surface area contributed by atoms with E-state index in [1.165, 1.54) is 12.0 Å². The van der Waals surface area contributed by atoms with Crippen LogP contribution in [0.4, 0.5) is 0 Å². The number of rotatable bonds is 7. The van der Waals surface area contributed by atoms with Crippen molar-refractivity contribution in [2.45, 2.75) is 69.9 Å². The lowest BCUT2D eigenvalue weighted by Crippen LogP contribution is -2.47. The van der Waals surface area contributed by atoms with E-state index >= 15 is 0 Å². The molecule has 5 heteroatoms. The molecule has 0 radical (unpaired) electrons. The third kappa shape index (κ3) is 5.27. The van der Waals surface area contributed by atoms with Crippen molar-refractivity contribution in [3.63, 3.8) is 0 Å². The molecule has 1 aromatic rings. The number of aliphatic imine (C=N–C) groups is 1. The Labute approximate surface area is 168 Å². The summed E-state index contributed by atoms with van der Waals surface area (Å²) >= 11 is 0. The molecule has 1 aromatic carbocycles. The number of benzene rings is 1. The number of amides is 1. The average molecular weight is 383 g/mol. The van der Waals surface area contributed by atoms with Crippen molar-refractivity contribution in [2.24, 2.45) is 16.8 Å². The Balaban J connectivity index is 1.28. The molecule has 152 valence electrons. The maximum absolute atomic E-state index is 12.4. The lowest BCUT2D eigenvalue weighted by Gasteiger charge is -2.30. The fourth-order valence-electron chi connectivity index (χ4n) is 4.39. The van der Waals surface area contributed by atoms with Crippen molar-refractivity contribution in [3.05, 3.63) is 35.9 Å². The second kappa shape index (κ2) is 8.97. The van der Waals surface area contributed by atoms with Gasteiger partial charge in [-0.1, -0.05) is 36.8 Å². The Morgan fingerprint density at radius 3 is 2.61 bits per heavy atom. The van der Waals surface area contributed by atoms with Crippen LogP contribution in [-0.4, -0.2) is 37.0 Å². The van der Waals surface area contributed by atoms with Crippen LogP contribution in [0.2, 0.25) is 0 Å². The first-order chi connectivity index (χ1) is 13.7. The van der Waals surface area contributed by atoms with Crippen molar-refractivity contribution < 1.29 is 4.79 Å².